The molecule has 9 heteroatoms. The van der Waals surface area contributed by atoms with Gasteiger partial charge in [0.05, 0.1) is 11.3 Å². The van der Waals surface area contributed by atoms with Gasteiger partial charge in [0.15, 0.2) is 0 Å². The molecule has 9 nitrogen and oxygen atoms in total. The molecule has 3 aromatic rings. The molecule has 0 fully saturated rings. The Labute approximate surface area is 162 Å². The van der Waals surface area contributed by atoms with Gasteiger partial charge in [-0.25, -0.2) is 15.0 Å². The first kappa shape index (κ1) is 17.9. The number of anilines is 3. The predicted octanol–water partition coefficient (Wildman–Crippen LogP) is 3.17. The summed E-state index contributed by atoms with van der Waals surface area (Å²) in [5, 5.41) is 15.0. The predicted molar refractivity (Wildman–Crippen MR) is 106 cm³/mol. The normalized spacial score (nSPS) is 13.2. The van der Waals surface area contributed by atoms with Crippen LogP contribution in [0.2, 0.25) is 0 Å². The fraction of sp³-hybridized carbons (Fsp3) is 0.316. The summed E-state index contributed by atoms with van der Waals surface area (Å²) in [7, 11) is 0. The maximum atomic E-state index is 11.9. The smallest absolute Gasteiger partial charge is 0.353 e. The minimum Gasteiger partial charge on any atom is -0.364 e. The van der Waals surface area contributed by atoms with Crippen LogP contribution >= 0.6 is 0 Å². The number of hydrogen-bond acceptors (Lipinski definition) is 7. The summed E-state index contributed by atoms with van der Waals surface area (Å²) in [6, 6.07) is 7.98. The average molecular weight is 379 g/mol. The minimum atomic E-state index is -0.398. The zero-order chi connectivity index (χ0) is 19.3. The van der Waals surface area contributed by atoms with E-state index in [4.69, 9.17) is 0 Å². The Bertz CT molecular complexity index is 959. The highest BCUT2D eigenvalue weighted by Crippen LogP contribution is 2.39. The maximum absolute atomic E-state index is 11.9. The van der Waals surface area contributed by atoms with Crippen molar-refractivity contribution in [1.82, 2.24) is 19.5 Å². The number of nitro groups is 1. The van der Waals surface area contributed by atoms with E-state index in [1.165, 1.54) is 11.9 Å². The molecule has 0 unspecified atom stereocenters. The van der Waals surface area contributed by atoms with Gasteiger partial charge in [-0.05, 0) is 30.9 Å². The Morgan fingerprint density at radius 2 is 2.14 bits per heavy atom. The van der Waals surface area contributed by atoms with Crippen molar-refractivity contribution in [3.63, 3.8) is 0 Å². The van der Waals surface area contributed by atoms with Crippen molar-refractivity contribution in [3.8, 4) is 0 Å². The van der Waals surface area contributed by atoms with Crippen LogP contribution in [0.15, 0.2) is 49.3 Å². The molecule has 28 heavy (non-hydrogen) atoms. The van der Waals surface area contributed by atoms with Gasteiger partial charge in [0.1, 0.15) is 6.33 Å². The molecule has 0 spiro atoms. The Balaban J connectivity index is 1.57. The van der Waals surface area contributed by atoms with Gasteiger partial charge in [0.2, 0.25) is 11.6 Å². The number of nitrogens with zero attached hydrogens (tertiary/aromatic N) is 6. The Hall–Kier alpha value is -3.49. The van der Waals surface area contributed by atoms with Gasteiger partial charge in [-0.3, -0.25) is 10.1 Å². The van der Waals surface area contributed by atoms with Crippen molar-refractivity contribution in [3.05, 3.63) is 65.0 Å². The van der Waals surface area contributed by atoms with Crippen molar-refractivity contribution >= 4 is 23.0 Å². The van der Waals surface area contributed by atoms with Crippen LogP contribution in [0, 0.1) is 10.1 Å². The van der Waals surface area contributed by atoms with Gasteiger partial charge in [0, 0.05) is 37.7 Å². The SMILES string of the molecule is O=[N+]([O-])c1c(NCCCn2ccnc2)ncnc1N1CCCc2ccccc21. The third-order valence-electron chi connectivity index (χ3n) is 4.80. The van der Waals surface area contributed by atoms with Crippen LogP contribution in [-0.4, -0.2) is 37.5 Å². The van der Waals surface area contributed by atoms with Crippen molar-refractivity contribution in [2.75, 3.05) is 23.3 Å². The number of nitrogens with one attached hydrogen (secondary N) is 1. The molecule has 0 atom stereocenters. The first-order valence-corrected chi connectivity index (χ1v) is 9.28. The highest BCUT2D eigenvalue weighted by molar-refractivity contribution is 5.77. The van der Waals surface area contributed by atoms with E-state index in [0.29, 0.717) is 18.9 Å². The number of fused-ring (bicyclic) bond motifs is 1. The zero-order valence-corrected chi connectivity index (χ0v) is 15.4. The molecule has 3 heterocycles. The van der Waals surface area contributed by atoms with Crippen molar-refractivity contribution in [2.24, 2.45) is 0 Å². The summed E-state index contributed by atoms with van der Waals surface area (Å²) in [6.07, 6.45) is 9.43. The average Bonchev–Trinajstić information content (AvgIpc) is 3.24. The fourth-order valence-corrected chi connectivity index (χ4v) is 3.51. The first-order chi connectivity index (χ1) is 13.7. The summed E-state index contributed by atoms with van der Waals surface area (Å²) < 4.78 is 1.96. The molecule has 2 aromatic heterocycles. The molecular formula is C19H21N7O2. The molecule has 0 saturated heterocycles. The maximum Gasteiger partial charge on any atom is 0.353 e. The third kappa shape index (κ3) is 3.64. The van der Waals surface area contributed by atoms with Gasteiger partial charge in [-0.15, -0.1) is 0 Å². The topological polar surface area (TPSA) is 102 Å². The molecule has 144 valence electrons. The lowest BCUT2D eigenvalue weighted by Gasteiger charge is -2.30. The highest BCUT2D eigenvalue weighted by Gasteiger charge is 2.30. The van der Waals surface area contributed by atoms with Gasteiger partial charge in [0.25, 0.3) is 0 Å². The van der Waals surface area contributed by atoms with E-state index < -0.39 is 4.92 Å². The molecule has 4 rings (SSSR count). The lowest BCUT2D eigenvalue weighted by Crippen LogP contribution is -2.26. The lowest BCUT2D eigenvalue weighted by molar-refractivity contribution is -0.383. The molecule has 0 amide bonds. The molecular weight excluding hydrogens is 358 g/mol. The number of aryl methyl sites for hydroxylation is 2. The van der Waals surface area contributed by atoms with E-state index in [9.17, 15) is 10.1 Å². The number of imidazole rings is 1. The van der Waals surface area contributed by atoms with E-state index in [1.807, 2.05) is 33.9 Å². The number of aromatic nitrogens is 4. The lowest BCUT2D eigenvalue weighted by atomic mass is 10.0. The van der Waals surface area contributed by atoms with Crippen LogP contribution in [0.3, 0.4) is 0 Å². The van der Waals surface area contributed by atoms with Crippen LogP contribution in [0.5, 0.6) is 0 Å². The van der Waals surface area contributed by atoms with E-state index >= 15 is 0 Å². The van der Waals surface area contributed by atoms with E-state index in [-0.39, 0.29) is 11.5 Å². The van der Waals surface area contributed by atoms with Crippen LogP contribution < -0.4 is 10.2 Å². The number of rotatable bonds is 7. The molecule has 1 aromatic carbocycles. The second-order valence-electron chi connectivity index (χ2n) is 6.62. The molecule has 0 radical (unpaired) electrons. The van der Waals surface area contributed by atoms with Gasteiger partial charge >= 0.3 is 5.69 Å². The summed E-state index contributed by atoms with van der Waals surface area (Å²) in [5.74, 6) is 0.591. The Morgan fingerprint density at radius 3 is 2.96 bits per heavy atom. The summed E-state index contributed by atoms with van der Waals surface area (Å²) in [4.78, 5) is 25.8. The number of para-hydroxylation sites is 1. The summed E-state index contributed by atoms with van der Waals surface area (Å²) >= 11 is 0. The van der Waals surface area contributed by atoms with Gasteiger partial charge < -0.3 is 14.8 Å². The standard InChI is InChI=1S/C19H21N7O2/c27-26(28)17-18(21-8-4-10-24-12-9-20-14-24)22-13-23-19(17)25-11-3-6-15-5-1-2-7-16(15)25/h1-2,5,7,9,12-14H,3-4,6,8,10-11H2,(H,21,22,23). The zero-order valence-electron chi connectivity index (χ0n) is 15.4. The molecule has 1 N–H and O–H groups in total. The molecule has 0 aliphatic carbocycles. The Morgan fingerprint density at radius 1 is 1.25 bits per heavy atom. The largest absolute Gasteiger partial charge is 0.364 e. The van der Waals surface area contributed by atoms with Crippen LogP contribution in [0.4, 0.5) is 23.0 Å². The van der Waals surface area contributed by atoms with E-state index in [0.717, 1.165) is 31.5 Å². The molecule has 0 saturated carbocycles. The second kappa shape index (κ2) is 8.03. The van der Waals surface area contributed by atoms with E-state index in [2.05, 4.69) is 26.3 Å². The van der Waals surface area contributed by atoms with Gasteiger partial charge in [-0.2, -0.15) is 0 Å². The van der Waals surface area contributed by atoms with Gasteiger partial charge in [-0.1, -0.05) is 18.2 Å². The first-order valence-electron chi connectivity index (χ1n) is 9.28. The molecule has 1 aliphatic heterocycles. The second-order valence-corrected chi connectivity index (χ2v) is 6.62. The van der Waals surface area contributed by atoms with Crippen LogP contribution in [0.1, 0.15) is 18.4 Å². The quantitative estimate of drug-likeness (QED) is 0.382. The number of hydrogen-bond donors (Lipinski definition) is 1. The Kier molecular flexibility index (Phi) is 5.14. The van der Waals surface area contributed by atoms with Crippen LogP contribution in [-0.2, 0) is 13.0 Å². The van der Waals surface area contributed by atoms with Crippen molar-refractivity contribution in [2.45, 2.75) is 25.8 Å². The van der Waals surface area contributed by atoms with Crippen molar-refractivity contribution < 1.29 is 4.92 Å². The number of benzene rings is 1. The summed E-state index contributed by atoms with van der Waals surface area (Å²) in [6.45, 7) is 2.03. The van der Waals surface area contributed by atoms with Crippen LogP contribution in [0.25, 0.3) is 0 Å². The van der Waals surface area contributed by atoms with Crippen molar-refractivity contribution in [1.29, 1.82) is 0 Å². The highest BCUT2D eigenvalue weighted by atomic mass is 16.6. The molecule has 0 bridgehead atoms. The fourth-order valence-electron chi connectivity index (χ4n) is 3.51. The minimum absolute atomic E-state index is 0.0816. The van der Waals surface area contributed by atoms with E-state index in [1.54, 1.807) is 12.5 Å². The summed E-state index contributed by atoms with van der Waals surface area (Å²) in [5.41, 5.74) is 2.07. The third-order valence-corrected chi connectivity index (χ3v) is 4.80. The molecule has 1 aliphatic rings. The monoisotopic (exact) mass is 379 g/mol.